The molecule has 2 heterocycles. The molecule has 2 aromatic heterocycles. The van der Waals surface area contributed by atoms with Crippen molar-refractivity contribution < 1.29 is 0 Å². The van der Waals surface area contributed by atoms with E-state index >= 15 is 0 Å². The monoisotopic (exact) mass is 788 g/mol. The molecule has 0 aliphatic heterocycles. The minimum atomic E-state index is 1.15. The first-order chi connectivity index (χ1) is 30.7. The van der Waals surface area contributed by atoms with Crippen LogP contribution in [0, 0.1) is 0 Å². The molecule has 0 unspecified atom stereocenters. The van der Waals surface area contributed by atoms with Gasteiger partial charge in [-0.15, -0.1) is 0 Å². The zero-order chi connectivity index (χ0) is 41.0. The van der Waals surface area contributed by atoms with Gasteiger partial charge in [-0.05, 0) is 122 Å². The third-order valence-corrected chi connectivity index (χ3v) is 12.5. The number of rotatable bonds is 7. The smallest absolute Gasteiger partial charge is 0.0547 e. The van der Waals surface area contributed by atoms with Gasteiger partial charge in [-0.25, -0.2) is 0 Å². The lowest BCUT2D eigenvalue weighted by molar-refractivity contribution is 1.18. The van der Waals surface area contributed by atoms with Gasteiger partial charge in [0.25, 0.3) is 0 Å². The number of aromatic nitrogens is 2. The molecule has 0 bridgehead atoms. The van der Waals surface area contributed by atoms with Gasteiger partial charge in [0, 0.05) is 32.9 Å². The summed E-state index contributed by atoms with van der Waals surface area (Å²) in [5.41, 5.74) is 19.1. The van der Waals surface area contributed by atoms with E-state index in [1.165, 1.54) is 99.2 Å². The van der Waals surface area contributed by atoms with Crippen molar-refractivity contribution in [2.75, 3.05) is 0 Å². The van der Waals surface area contributed by atoms with Gasteiger partial charge in [0.15, 0.2) is 0 Å². The van der Waals surface area contributed by atoms with E-state index in [4.69, 9.17) is 0 Å². The van der Waals surface area contributed by atoms with Gasteiger partial charge in [-0.2, -0.15) is 0 Å². The van der Waals surface area contributed by atoms with Crippen LogP contribution in [0.25, 0.3) is 111 Å². The quantitative estimate of drug-likeness (QED) is 0.152. The van der Waals surface area contributed by atoms with Crippen LogP contribution < -0.4 is 0 Å². The Kier molecular flexibility index (Phi) is 8.53. The Hall–Kier alpha value is -8.20. The van der Waals surface area contributed by atoms with E-state index in [1.807, 2.05) is 0 Å². The van der Waals surface area contributed by atoms with Crippen molar-refractivity contribution >= 4 is 43.6 Å². The fraction of sp³-hybridized carbons (Fsp3) is 0. The highest BCUT2D eigenvalue weighted by Gasteiger charge is 2.18. The maximum absolute atomic E-state index is 2.44. The molecule has 0 amide bonds. The molecule has 0 fully saturated rings. The van der Waals surface area contributed by atoms with Crippen LogP contribution in [-0.4, -0.2) is 9.13 Å². The Morgan fingerprint density at radius 2 is 0.565 bits per heavy atom. The predicted molar refractivity (Wildman–Crippen MR) is 262 cm³/mol. The van der Waals surface area contributed by atoms with Gasteiger partial charge in [0.2, 0.25) is 0 Å². The average Bonchev–Trinajstić information content (AvgIpc) is 3.86. The number of hydrogen-bond acceptors (Lipinski definition) is 0. The maximum atomic E-state index is 2.44. The maximum Gasteiger partial charge on any atom is 0.0547 e. The molecule has 0 spiro atoms. The van der Waals surface area contributed by atoms with E-state index in [1.54, 1.807) is 0 Å². The summed E-state index contributed by atoms with van der Waals surface area (Å²) in [4.78, 5) is 0. The molecule has 0 radical (unpaired) electrons. The lowest BCUT2D eigenvalue weighted by atomic mass is 9.99. The molecule has 12 aromatic rings. The molecule has 62 heavy (non-hydrogen) atoms. The second-order valence-electron chi connectivity index (χ2n) is 16.2. The Morgan fingerprint density at radius 1 is 0.177 bits per heavy atom. The summed E-state index contributed by atoms with van der Waals surface area (Å²) >= 11 is 0. The molecule has 2 nitrogen and oxygen atoms in total. The lowest BCUT2D eigenvalue weighted by Gasteiger charge is -2.12. The minimum Gasteiger partial charge on any atom is -0.309 e. The predicted octanol–water partition coefficient (Wildman–Crippen LogP) is 16.2. The lowest BCUT2D eigenvalue weighted by Crippen LogP contribution is -1.95. The van der Waals surface area contributed by atoms with Crippen LogP contribution in [0.2, 0.25) is 0 Å². The summed E-state index contributed by atoms with van der Waals surface area (Å²) in [6.07, 6.45) is 0. The number of para-hydroxylation sites is 1. The summed E-state index contributed by atoms with van der Waals surface area (Å²) in [5, 5.41) is 4.96. The van der Waals surface area contributed by atoms with Crippen molar-refractivity contribution in [3.63, 3.8) is 0 Å². The standard InChI is InChI=1S/C60H40N2/c1-4-14-41(15-5-1)45-20-12-21-46(36-45)44-26-31-51(32-27-44)61-57-25-11-10-24-53(57)55-38-48(29-34-58(55)61)49-30-35-59-56(39-49)54-33-28-50(43-18-8-3-9-19-43)40-60(54)62(59)52-23-13-22-47(37-52)42-16-6-2-7-17-42/h1-40H. The van der Waals surface area contributed by atoms with E-state index < -0.39 is 0 Å². The van der Waals surface area contributed by atoms with Gasteiger partial charge in [0.1, 0.15) is 0 Å². The summed E-state index contributed by atoms with van der Waals surface area (Å²) in [6.45, 7) is 0. The van der Waals surface area contributed by atoms with Gasteiger partial charge in [-0.3, -0.25) is 0 Å². The van der Waals surface area contributed by atoms with E-state index in [-0.39, 0.29) is 0 Å². The topological polar surface area (TPSA) is 9.86 Å². The molecule has 12 rings (SSSR count). The molecule has 0 saturated heterocycles. The van der Waals surface area contributed by atoms with E-state index in [2.05, 4.69) is 252 Å². The van der Waals surface area contributed by atoms with Crippen molar-refractivity contribution in [1.82, 2.24) is 9.13 Å². The molecule has 10 aromatic carbocycles. The summed E-state index contributed by atoms with van der Waals surface area (Å²) < 4.78 is 4.85. The molecular weight excluding hydrogens is 749 g/mol. The molecule has 290 valence electrons. The number of benzene rings is 10. The van der Waals surface area contributed by atoms with Crippen molar-refractivity contribution in [3.05, 3.63) is 243 Å². The number of nitrogens with zero attached hydrogens (tertiary/aromatic N) is 2. The first kappa shape index (κ1) is 35.7. The Bertz CT molecular complexity index is 3600. The van der Waals surface area contributed by atoms with Crippen LogP contribution in [0.4, 0.5) is 0 Å². The van der Waals surface area contributed by atoms with Gasteiger partial charge in [-0.1, -0.05) is 176 Å². The third-order valence-electron chi connectivity index (χ3n) is 12.5. The van der Waals surface area contributed by atoms with E-state index in [9.17, 15) is 0 Å². The van der Waals surface area contributed by atoms with Crippen molar-refractivity contribution in [2.24, 2.45) is 0 Å². The SMILES string of the molecule is c1ccc(-c2cccc(-c3ccc(-n4c5ccccc5c5cc(-c6ccc7c(c6)c6ccc(-c8ccccc8)cc6n7-c6cccc(-c7ccccc7)c6)ccc54)cc3)c2)cc1. The molecule has 2 heteroatoms. The first-order valence-corrected chi connectivity index (χ1v) is 21.3. The highest BCUT2D eigenvalue weighted by Crippen LogP contribution is 2.40. The number of fused-ring (bicyclic) bond motifs is 6. The molecule has 0 atom stereocenters. The fourth-order valence-corrected chi connectivity index (χ4v) is 9.49. The largest absolute Gasteiger partial charge is 0.309 e. The van der Waals surface area contributed by atoms with Crippen LogP contribution in [0.1, 0.15) is 0 Å². The highest BCUT2D eigenvalue weighted by atomic mass is 15.0. The molecule has 0 aliphatic rings. The Labute approximate surface area is 360 Å². The minimum absolute atomic E-state index is 1.15. The van der Waals surface area contributed by atoms with Crippen molar-refractivity contribution in [2.45, 2.75) is 0 Å². The number of hydrogen-bond donors (Lipinski definition) is 0. The van der Waals surface area contributed by atoms with Crippen LogP contribution >= 0.6 is 0 Å². The molecule has 0 saturated carbocycles. The fourth-order valence-electron chi connectivity index (χ4n) is 9.49. The zero-order valence-corrected chi connectivity index (χ0v) is 34.0. The Balaban J connectivity index is 0.966. The van der Waals surface area contributed by atoms with Crippen LogP contribution in [0.3, 0.4) is 0 Å². The molecular formula is C60H40N2. The Morgan fingerprint density at radius 3 is 1.16 bits per heavy atom. The van der Waals surface area contributed by atoms with Crippen LogP contribution in [0.15, 0.2) is 243 Å². The second kappa shape index (κ2) is 14.8. The van der Waals surface area contributed by atoms with Gasteiger partial charge < -0.3 is 9.13 Å². The first-order valence-electron chi connectivity index (χ1n) is 21.3. The summed E-state index contributed by atoms with van der Waals surface area (Å²) in [5.74, 6) is 0. The van der Waals surface area contributed by atoms with Crippen molar-refractivity contribution in [1.29, 1.82) is 0 Å². The normalized spacial score (nSPS) is 11.5. The van der Waals surface area contributed by atoms with E-state index in [0.29, 0.717) is 0 Å². The summed E-state index contributed by atoms with van der Waals surface area (Å²) in [7, 11) is 0. The average molecular weight is 789 g/mol. The highest BCUT2D eigenvalue weighted by molar-refractivity contribution is 6.13. The van der Waals surface area contributed by atoms with Gasteiger partial charge in [0.05, 0.1) is 22.1 Å². The zero-order valence-electron chi connectivity index (χ0n) is 34.0. The van der Waals surface area contributed by atoms with Gasteiger partial charge >= 0.3 is 0 Å². The van der Waals surface area contributed by atoms with Crippen LogP contribution in [0.5, 0.6) is 0 Å². The van der Waals surface area contributed by atoms with Crippen LogP contribution in [-0.2, 0) is 0 Å². The van der Waals surface area contributed by atoms with E-state index in [0.717, 1.165) is 11.4 Å². The third kappa shape index (κ3) is 6.12. The molecule has 0 N–H and O–H groups in total. The molecule has 0 aliphatic carbocycles. The van der Waals surface area contributed by atoms with Crippen molar-refractivity contribution in [3.8, 4) is 67.0 Å². The second-order valence-corrected chi connectivity index (χ2v) is 16.2. The summed E-state index contributed by atoms with van der Waals surface area (Å²) in [6, 6.07) is 88.4.